The number of benzene rings is 1. The van der Waals surface area contributed by atoms with Gasteiger partial charge >= 0.3 is 0 Å². The Morgan fingerprint density at radius 3 is 2.76 bits per heavy atom. The predicted octanol–water partition coefficient (Wildman–Crippen LogP) is 5.86. The van der Waals surface area contributed by atoms with Crippen LogP contribution in [-0.2, 0) is 0 Å². The SMILES string of the molecule is Cc1cn(C2CCCCC2)c(Nc2ccc(Br)cc2Cl)n1. The molecular formula is C16H19BrClN3. The summed E-state index contributed by atoms with van der Waals surface area (Å²) in [6.07, 6.45) is 8.58. The fourth-order valence-corrected chi connectivity index (χ4v) is 3.68. The molecule has 1 heterocycles. The summed E-state index contributed by atoms with van der Waals surface area (Å²) in [7, 11) is 0. The highest BCUT2D eigenvalue weighted by Crippen LogP contribution is 2.33. The van der Waals surface area contributed by atoms with Crippen LogP contribution in [-0.4, -0.2) is 9.55 Å². The number of nitrogens with one attached hydrogen (secondary N) is 1. The first-order valence-corrected chi connectivity index (χ1v) is 8.58. The van der Waals surface area contributed by atoms with Crippen LogP contribution >= 0.6 is 27.5 Å². The predicted molar refractivity (Wildman–Crippen MR) is 91.5 cm³/mol. The van der Waals surface area contributed by atoms with E-state index < -0.39 is 0 Å². The van der Waals surface area contributed by atoms with Crippen molar-refractivity contribution in [3.8, 4) is 0 Å². The van der Waals surface area contributed by atoms with Gasteiger partial charge < -0.3 is 9.88 Å². The molecule has 0 spiro atoms. The zero-order valence-electron chi connectivity index (χ0n) is 12.1. The molecule has 1 N–H and O–H groups in total. The first-order chi connectivity index (χ1) is 10.1. The molecule has 5 heteroatoms. The number of imidazole rings is 1. The Balaban J connectivity index is 1.87. The molecule has 1 aliphatic rings. The Morgan fingerprint density at radius 1 is 1.29 bits per heavy atom. The molecule has 1 fully saturated rings. The molecule has 1 saturated carbocycles. The summed E-state index contributed by atoms with van der Waals surface area (Å²) in [6.45, 7) is 2.04. The lowest BCUT2D eigenvalue weighted by Crippen LogP contribution is -2.14. The third-order valence-corrected chi connectivity index (χ3v) is 4.80. The van der Waals surface area contributed by atoms with Gasteiger partial charge in [0.2, 0.25) is 5.95 Å². The quantitative estimate of drug-likeness (QED) is 0.735. The summed E-state index contributed by atoms with van der Waals surface area (Å²) in [5, 5.41) is 4.08. The molecule has 3 rings (SSSR count). The number of hydrogen-bond acceptors (Lipinski definition) is 2. The molecule has 21 heavy (non-hydrogen) atoms. The van der Waals surface area contributed by atoms with E-state index in [9.17, 15) is 0 Å². The number of anilines is 2. The molecule has 112 valence electrons. The molecule has 0 saturated heterocycles. The van der Waals surface area contributed by atoms with E-state index in [-0.39, 0.29) is 0 Å². The number of hydrogen-bond donors (Lipinski definition) is 1. The van der Waals surface area contributed by atoms with Crippen molar-refractivity contribution in [2.45, 2.75) is 45.1 Å². The molecule has 0 aliphatic heterocycles. The molecule has 2 aromatic rings. The minimum atomic E-state index is 0.552. The van der Waals surface area contributed by atoms with Gasteiger partial charge in [-0.25, -0.2) is 4.98 Å². The fourth-order valence-electron chi connectivity index (χ4n) is 2.96. The van der Waals surface area contributed by atoms with Gasteiger partial charge in [-0.2, -0.15) is 0 Å². The second-order valence-electron chi connectivity index (χ2n) is 5.65. The lowest BCUT2D eigenvalue weighted by Gasteiger charge is -2.25. The number of halogens is 2. The van der Waals surface area contributed by atoms with E-state index in [0.717, 1.165) is 21.8 Å². The first kappa shape index (κ1) is 14.9. The van der Waals surface area contributed by atoms with Crippen molar-refractivity contribution < 1.29 is 0 Å². The Kier molecular flexibility index (Phi) is 4.55. The number of nitrogens with zero attached hydrogens (tertiary/aromatic N) is 2. The molecule has 0 unspecified atom stereocenters. The van der Waals surface area contributed by atoms with E-state index in [0.29, 0.717) is 11.1 Å². The second-order valence-corrected chi connectivity index (χ2v) is 6.98. The highest BCUT2D eigenvalue weighted by atomic mass is 79.9. The van der Waals surface area contributed by atoms with Crippen LogP contribution in [0.4, 0.5) is 11.6 Å². The van der Waals surface area contributed by atoms with E-state index >= 15 is 0 Å². The van der Waals surface area contributed by atoms with Crippen molar-refractivity contribution in [3.05, 3.63) is 39.6 Å². The molecule has 0 bridgehead atoms. The van der Waals surface area contributed by atoms with Gasteiger partial charge in [0.15, 0.2) is 0 Å². The van der Waals surface area contributed by atoms with Crippen LogP contribution in [0.2, 0.25) is 5.02 Å². The average Bonchev–Trinajstić information content (AvgIpc) is 2.84. The Morgan fingerprint density at radius 2 is 2.05 bits per heavy atom. The van der Waals surface area contributed by atoms with Gasteiger partial charge in [-0.15, -0.1) is 0 Å². The number of aromatic nitrogens is 2. The molecule has 1 aromatic carbocycles. The Bertz CT molecular complexity index is 632. The van der Waals surface area contributed by atoms with Crippen LogP contribution in [0.25, 0.3) is 0 Å². The molecule has 1 aromatic heterocycles. The van der Waals surface area contributed by atoms with Crippen molar-refractivity contribution >= 4 is 39.2 Å². The van der Waals surface area contributed by atoms with E-state index in [1.165, 1.54) is 32.1 Å². The van der Waals surface area contributed by atoms with Gasteiger partial charge in [-0.05, 0) is 38.0 Å². The molecule has 1 aliphatic carbocycles. The van der Waals surface area contributed by atoms with Crippen LogP contribution in [0.1, 0.15) is 43.8 Å². The van der Waals surface area contributed by atoms with Crippen LogP contribution in [0.5, 0.6) is 0 Å². The van der Waals surface area contributed by atoms with Crippen molar-refractivity contribution in [1.82, 2.24) is 9.55 Å². The van der Waals surface area contributed by atoms with E-state index in [1.807, 2.05) is 25.1 Å². The Labute approximate surface area is 138 Å². The van der Waals surface area contributed by atoms with Crippen molar-refractivity contribution in [2.24, 2.45) is 0 Å². The number of aryl methyl sites for hydroxylation is 1. The third kappa shape index (κ3) is 3.43. The zero-order chi connectivity index (χ0) is 14.8. The molecule has 0 atom stereocenters. The van der Waals surface area contributed by atoms with Crippen molar-refractivity contribution in [3.63, 3.8) is 0 Å². The van der Waals surface area contributed by atoms with Crippen LogP contribution in [0.3, 0.4) is 0 Å². The highest BCUT2D eigenvalue weighted by Gasteiger charge is 2.19. The van der Waals surface area contributed by atoms with Gasteiger partial charge in [0.1, 0.15) is 0 Å². The van der Waals surface area contributed by atoms with E-state index in [2.05, 4.69) is 37.0 Å². The lowest BCUT2D eigenvalue weighted by molar-refractivity contribution is 0.356. The maximum Gasteiger partial charge on any atom is 0.207 e. The zero-order valence-corrected chi connectivity index (χ0v) is 14.4. The summed E-state index contributed by atoms with van der Waals surface area (Å²) in [6, 6.07) is 6.40. The van der Waals surface area contributed by atoms with Crippen molar-refractivity contribution in [2.75, 3.05) is 5.32 Å². The molecule has 0 amide bonds. The summed E-state index contributed by atoms with van der Waals surface area (Å²) < 4.78 is 3.26. The normalized spacial score (nSPS) is 16.1. The second kappa shape index (κ2) is 6.41. The number of rotatable bonds is 3. The fraction of sp³-hybridized carbons (Fsp3) is 0.438. The smallest absolute Gasteiger partial charge is 0.207 e. The Hall–Kier alpha value is -1.00. The monoisotopic (exact) mass is 367 g/mol. The maximum atomic E-state index is 6.29. The summed E-state index contributed by atoms with van der Waals surface area (Å²) in [4.78, 5) is 4.63. The minimum Gasteiger partial charge on any atom is -0.324 e. The molecular weight excluding hydrogens is 350 g/mol. The van der Waals surface area contributed by atoms with Crippen LogP contribution in [0, 0.1) is 6.92 Å². The summed E-state index contributed by atoms with van der Waals surface area (Å²) in [5.41, 5.74) is 1.93. The van der Waals surface area contributed by atoms with E-state index in [4.69, 9.17) is 11.6 Å². The first-order valence-electron chi connectivity index (χ1n) is 7.41. The average molecular weight is 369 g/mol. The largest absolute Gasteiger partial charge is 0.324 e. The molecule has 0 radical (unpaired) electrons. The van der Waals surface area contributed by atoms with Gasteiger partial charge in [-0.1, -0.05) is 46.8 Å². The summed E-state index contributed by atoms with van der Waals surface area (Å²) >= 11 is 9.72. The molecule has 3 nitrogen and oxygen atoms in total. The topological polar surface area (TPSA) is 29.9 Å². The maximum absolute atomic E-state index is 6.29. The standard InChI is InChI=1S/C16H19BrClN3/c1-11-10-21(13-5-3-2-4-6-13)16(19-11)20-15-8-7-12(17)9-14(15)18/h7-10,13H,2-6H2,1H3,(H,19,20). The third-order valence-electron chi connectivity index (χ3n) is 4.00. The van der Waals surface area contributed by atoms with E-state index in [1.54, 1.807) is 0 Å². The van der Waals surface area contributed by atoms with Gasteiger partial charge in [0.25, 0.3) is 0 Å². The highest BCUT2D eigenvalue weighted by molar-refractivity contribution is 9.10. The van der Waals surface area contributed by atoms with Crippen LogP contribution < -0.4 is 5.32 Å². The lowest BCUT2D eigenvalue weighted by atomic mass is 9.95. The summed E-state index contributed by atoms with van der Waals surface area (Å²) in [5.74, 6) is 0.892. The van der Waals surface area contributed by atoms with Gasteiger partial charge in [-0.3, -0.25) is 0 Å². The van der Waals surface area contributed by atoms with Gasteiger partial charge in [0.05, 0.1) is 16.4 Å². The minimum absolute atomic E-state index is 0.552. The van der Waals surface area contributed by atoms with Gasteiger partial charge in [0, 0.05) is 16.7 Å². The van der Waals surface area contributed by atoms with Crippen LogP contribution in [0.15, 0.2) is 28.9 Å². The van der Waals surface area contributed by atoms with Crippen molar-refractivity contribution in [1.29, 1.82) is 0 Å².